The average molecular weight is 376 g/mol. The summed E-state index contributed by atoms with van der Waals surface area (Å²) in [7, 11) is 3.33. The number of methoxy groups -OCH3 is 2. The predicted octanol–water partition coefficient (Wildman–Crippen LogP) is 4.20. The summed E-state index contributed by atoms with van der Waals surface area (Å²) in [4.78, 5) is 0. The Morgan fingerprint density at radius 3 is 2.42 bits per heavy atom. The number of para-hydroxylation sites is 1. The van der Waals surface area contributed by atoms with Crippen LogP contribution in [-0.2, 0) is 16.7 Å². The van der Waals surface area contributed by atoms with Gasteiger partial charge in [0.15, 0.2) is 11.5 Å². The first-order chi connectivity index (χ1) is 12.7. The molecule has 3 rings (SSSR count). The van der Waals surface area contributed by atoms with Gasteiger partial charge in [0, 0.05) is 42.3 Å². The Bertz CT molecular complexity index is 712. The van der Waals surface area contributed by atoms with Crippen molar-refractivity contribution in [3.63, 3.8) is 0 Å². The molecule has 0 aliphatic carbocycles. The number of hydrogen-bond acceptors (Lipinski definition) is 4. The Morgan fingerprint density at radius 1 is 1.04 bits per heavy atom. The molecule has 0 amide bonds. The van der Waals surface area contributed by atoms with E-state index in [1.54, 1.807) is 14.2 Å². The van der Waals surface area contributed by atoms with Gasteiger partial charge in [-0.15, -0.1) is 0 Å². The van der Waals surface area contributed by atoms with Crippen LogP contribution in [0, 0.1) is 0 Å². The molecule has 140 valence electrons. The Labute approximate surface area is 160 Å². The number of benzene rings is 2. The topological polar surface area (TPSA) is 39.7 Å². The second kappa shape index (κ2) is 8.76. The minimum Gasteiger partial charge on any atom is -0.493 e. The lowest BCUT2D eigenvalue weighted by atomic mass is 9.74. The molecule has 1 saturated heterocycles. The molecular formula is C21H26ClNO3. The Morgan fingerprint density at radius 2 is 1.77 bits per heavy atom. The first-order valence-electron chi connectivity index (χ1n) is 8.93. The van der Waals surface area contributed by atoms with E-state index in [2.05, 4.69) is 23.5 Å². The largest absolute Gasteiger partial charge is 0.493 e. The van der Waals surface area contributed by atoms with Gasteiger partial charge in [-0.25, -0.2) is 0 Å². The van der Waals surface area contributed by atoms with Gasteiger partial charge < -0.3 is 19.5 Å². The maximum atomic E-state index is 6.08. The zero-order valence-electron chi connectivity index (χ0n) is 15.4. The van der Waals surface area contributed by atoms with Crippen molar-refractivity contribution in [1.29, 1.82) is 0 Å². The molecule has 0 bridgehead atoms. The van der Waals surface area contributed by atoms with E-state index in [-0.39, 0.29) is 5.41 Å². The third-order valence-electron chi connectivity index (χ3n) is 5.17. The van der Waals surface area contributed by atoms with Crippen molar-refractivity contribution in [3.8, 4) is 11.5 Å². The van der Waals surface area contributed by atoms with E-state index in [1.165, 1.54) is 5.56 Å². The standard InChI is InChI=1S/C21H26ClNO3/c1-24-19-5-3-4-16(20(19)25-2)14-23-15-21(10-12-26-13-11-21)17-6-8-18(22)9-7-17/h3-9,23H,10-15H2,1-2H3. The molecule has 0 radical (unpaired) electrons. The lowest BCUT2D eigenvalue weighted by Crippen LogP contribution is -2.42. The van der Waals surface area contributed by atoms with Gasteiger partial charge in [0.1, 0.15) is 0 Å². The van der Waals surface area contributed by atoms with Gasteiger partial charge in [-0.2, -0.15) is 0 Å². The fourth-order valence-electron chi connectivity index (χ4n) is 3.66. The van der Waals surface area contributed by atoms with Gasteiger partial charge >= 0.3 is 0 Å². The fraction of sp³-hybridized carbons (Fsp3) is 0.429. The maximum absolute atomic E-state index is 6.08. The van der Waals surface area contributed by atoms with Crippen LogP contribution in [0.4, 0.5) is 0 Å². The second-order valence-corrected chi connectivity index (χ2v) is 7.09. The van der Waals surface area contributed by atoms with Crippen molar-refractivity contribution in [1.82, 2.24) is 5.32 Å². The molecule has 1 heterocycles. The predicted molar refractivity (Wildman–Crippen MR) is 104 cm³/mol. The van der Waals surface area contributed by atoms with Crippen molar-refractivity contribution in [2.45, 2.75) is 24.8 Å². The van der Waals surface area contributed by atoms with Crippen LogP contribution in [-0.4, -0.2) is 34.0 Å². The number of nitrogens with one attached hydrogen (secondary N) is 1. The summed E-state index contributed by atoms with van der Waals surface area (Å²) in [5, 5.41) is 4.40. The minimum atomic E-state index is 0.0644. The van der Waals surface area contributed by atoms with Crippen molar-refractivity contribution >= 4 is 11.6 Å². The molecular weight excluding hydrogens is 350 g/mol. The summed E-state index contributed by atoms with van der Waals surface area (Å²) >= 11 is 6.08. The van der Waals surface area contributed by atoms with Crippen LogP contribution in [0.15, 0.2) is 42.5 Å². The van der Waals surface area contributed by atoms with E-state index in [0.717, 1.165) is 61.2 Å². The number of halogens is 1. The molecule has 1 aliphatic rings. The van der Waals surface area contributed by atoms with Crippen LogP contribution in [0.3, 0.4) is 0 Å². The highest BCUT2D eigenvalue weighted by molar-refractivity contribution is 6.30. The number of ether oxygens (including phenoxy) is 3. The minimum absolute atomic E-state index is 0.0644. The molecule has 0 aromatic heterocycles. The molecule has 2 aromatic rings. The highest BCUT2D eigenvalue weighted by atomic mass is 35.5. The Hall–Kier alpha value is -1.75. The lowest BCUT2D eigenvalue weighted by molar-refractivity contribution is 0.0497. The zero-order valence-corrected chi connectivity index (χ0v) is 16.1. The zero-order chi connectivity index (χ0) is 18.4. The molecule has 26 heavy (non-hydrogen) atoms. The highest BCUT2D eigenvalue weighted by Gasteiger charge is 2.34. The number of hydrogen-bond donors (Lipinski definition) is 1. The van der Waals surface area contributed by atoms with Crippen LogP contribution in [0.25, 0.3) is 0 Å². The first-order valence-corrected chi connectivity index (χ1v) is 9.31. The van der Waals surface area contributed by atoms with Gasteiger partial charge in [-0.1, -0.05) is 35.9 Å². The van der Waals surface area contributed by atoms with Crippen molar-refractivity contribution in [3.05, 3.63) is 58.6 Å². The molecule has 4 nitrogen and oxygen atoms in total. The van der Waals surface area contributed by atoms with Gasteiger partial charge in [-0.05, 0) is 36.6 Å². The monoisotopic (exact) mass is 375 g/mol. The summed E-state index contributed by atoms with van der Waals surface area (Å²) in [6.45, 7) is 3.16. The van der Waals surface area contributed by atoms with Crippen molar-refractivity contribution in [2.75, 3.05) is 34.0 Å². The Balaban J connectivity index is 1.74. The summed E-state index contributed by atoms with van der Waals surface area (Å²) < 4.78 is 16.5. The van der Waals surface area contributed by atoms with Crippen LogP contribution < -0.4 is 14.8 Å². The van der Waals surface area contributed by atoms with Gasteiger partial charge in [-0.3, -0.25) is 0 Å². The van der Waals surface area contributed by atoms with E-state index in [0.29, 0.717) is 0 Å². The van der Waals surface area contributed by atoms with Crippen molar-refractivity contribution < 1.29 is 14.2 Å². The average Bonchev–Trinajstić information content (AvgIpc) is 2.69. The lowest BCUT2D eigenvalue weighted by Gasteiger charge is -2.38. The Kier molecular flexibility index (Phi) is 6.41. The summed E-state index contributed by atoms with van der Waals surface area (Å²) in [6.07, 6.45) is 1.99. The van der Waals surface area contributed by atoms with E-state index in [4.69, 9.17) is 25.8 Å². The second-order valence-electron chi connectivity index (χ2n) is 6.66. The normalized spacial score (nSPS) is 16.3. The molecule has 5 heteroatoms. The first kappa shape index (κ1) is 19.0. The molecule has 1 fully saturated rings. The fourth-order valence-corrected chi connectivity index (χ4v) is 3.79. The van der Waals surface area contributed by atoms with Gasteiger partial charge in [0.2, 0.25) is 0 Å². The van der Waals surface area contributed by atoms with E-state index in [9.17, 15) is 0 Å². The van der Waals surface area contributed by atoms with E-state index >= 15 is 0 Å². The van der Waals surface area contributed by atoms with Gasteiger partial charge in [0.25, 0.3) is 0 Å². The van der Waals surface area contributed by atoms with E-state index in [1.807, 2.05) is 24.3 Å². The highest BCUT2D eigenvalue weighted by Crippen LogP contribution is 2.35. The maximum Gasteiger partial charge on any atom is 0.165 e. The summed E-state index contributed by atoms with van der Waals surface area (Å²) in [5.41, 5.74) is 2.47. The molecule has 0 spiro atoms. The number of rotatable bonds is 7. The van der Waals surface area contributed by atoms with Crippen LogP contribution in [0.1, 0.15) is 24.0 Å². The molecule has 0 atom stereocenters. The van der Waals surface area contributed by atoms with Gasteiger partial charge in [0.05, 0.1) is 14.2 Å². The quantitative estimate of drug-likeness (QED) is 0.787. The van der Waals surface area contributed by atoms with Crippen LogP contribution >= 0.6 is 11.6 Å². The van der Waals surface area contributed by atoms with Crippen molar-refractivity contribution in [2.24, 2.45) is 0 Å². The van der Waals surface area contributed by atoms with E-state index < -0.39 is 0 Å². The molecule has 1 N–H and O–H groups in total. The molecule has 1 aliphatic heterocycles. The smallest absolute Gasteiger partial charge is 0.165 e. The van der Waals surface area contributed by atoms with Crippen LogP contribution in [0.5, 0.6) is 11.5 Å². The summed E-state index contributed by atoms with van der Waals surface area (Å²) in [6, 6.07) is 14.2. The SMILES string of the molecule is COc1cccc(CNCC2(c3ccc(Cl)cc3)CCOCC2)c1OC. The third-order valence-corrected chi connectivity index (χ3v) is 5.42. The molecule has 0 saturated carbocycles. The summed E-state index contributed by atoms with van der Waals surface area (Å²) in [5.74, 6) is 1.54. The van der Waals surface area contributed by atoms with Crippen LogP contribution in [0.2, 0.25) is 5.02 Å². The molecule has 0 unspecified atom stereocenters. The molecule has 2 aromatic carbocycles. The third kappa shape index (κ3) is 4.14.